The summed E-state index contributed by atoms with van der Waals surface area (Å²) in [5.74, 6) is 0.569. The van der Waals surface area contributed by atoms with Crippen molar-refractivity contribution in [3.63, 3.8) is 0 Å². The molecule has 2 aromatic heterocycles. The normalized spacial score (nSPS) is 14.3. The lowest BCUT2D eigenvalue weighted by Crippen LogP contribution is -2.43. The molecule has 11 heteroatoms. The van der Waals surface area contributed by atoms with Crippen molar-refractivity contribution >= 4 is 40.6 Å². The SMILES string of the molecule is C=CCn1c(Cc2csc(NC(=O)CCNC(=O)NC3CCCCC3)n2)n[nH]c1=S. The summed E-state index contributed by atoms with van der Waals surface area (Å²) < 4.78 is 2.39. The number of carbonyl (C=O) groups excluding carboxylic acids is 2. The molecule has 9 nitrogen and oxygen atoms in total. The summed E-state index contributed by atoms with van der Waals surface area (Å²) in [7, 11) is 0. The highest BCUT2D eigenvalue weighted by molar-refractivity contribution is 7.71. The monoisotopic (exact) mass is 449 g/mol. The molecule has 0 radical (unpaired) electrons. The summed E-state index contributed by atoms with van der Waals surface area (Å²) in [6, 6.07) is 0.0388. The van der Waals surface area contributed by atoms with Crippen LogP contribution in [0.1, 0.15) is 50.0 Å². The van der Waals surface area contributed by atoms with Gasteiger partial charge in [0.1, 0.15) is 5.82 Å². The van der Waals surface area contributed by atoms with Crippen LogP contribution in [0.2, 0.25) is 0 Å². The summed E-state index contributed by atoms with van der Waals surface area (Å²) >= 11 is 6.56. The van der Waals surface area contributed by atoms with Crippen molar-refractivity contribution in [1.82, 2.24) is 30.4 Å². The number of aromatic nitrogens is 4. The number of hydrogen-bond donors (Lipinski definition) is 4. The molecule has 0 spiro atoms. The van der Waals surface area contributed by atoms with Gasteiger partial charge in [-0.2, -0.15) is 5.10 Å². The molecule has 0 unspecified atom stereocenters. The van der Waals surface area contributed by atoms with Crippen molar-refractivity contribution in [3.8, 4) is 0 Å². The zero-order chi connectivity index (χ0) is 21.3. The number of thiazole rings is 1. The molecule has 3 rings (SSSR count). The highest BCUT2D eigenvalue weighted by Crippen LogP contribution is 2.18. The van der Waals surface area contributed by atoms with Crippen LogP contribution < -0.4 is 16.0 Å². The molecular weight excluding hydrogens is 422 g/mol. The number of rotatable bonds is 9. The Balaban J connectivity index is 1.41. The van der Waals surface area contributed by atoms with Gasteiger partial charge in [0.15, 0.2) is 9.90 Å². The number of nitrogens with one attached hydrogen (secondary N) is 4. The first kappa shape index (κ1) is 22.2. The molecule has 1 aliphatic rings. The Morgan fingerprint density at radius 2 is 2.17 bits per heavy atom. The number of anilines is 1. The first-order valence-corrected chi connectivity index (χ1v) is 11.4. The molecule has 2 heterocycles. The van der Waals surface area contributed by atoms with E-state index >= 15 is 0 Å². The van der Waals surface area contributed by atoms with Crippen LogP contribution in [0, 0.1) is 4.77 Å². The first-order valence-electron chi connectivity index (χ1n) is 10.1. The fraction of sp³-hybridized carbons (Fsp3) is 0.526. The summed E-state index contributed by atoms with van der Waals surface area (Å²) in [5.41, 5.74) is 0.791. The van der Waals surface area contributed by atoms with Gasteiger partial charge < -0.3 is 16.0 Å². The Kier molecular flexibility index (Phi) is 8.14. The number of urea groups is 1. The summed E-state index contributed by atoms with van der Waals surface area (Å²) in [5, 5.41) is 17.9. The van der Waals surface area contributed by atoms with Crippen LogP contribution in [0.3, 0.4) is 0 Å². The minimum absolute atomic E-state index is 0.186. The van der Waals surface area contributed by atoms with Gasteiger partial charge in [-0.25, -0.2) is 9.78 Å². The molecular formula is C19H27N7O2S2. The molecule has 1 aliphatic carbocycles. The molecule has 4 N–H and O–H groups in total. The Morgan fingerprint density at radius 3 is 2.93 bits per heavy atom. The Morgan fingerprint density at radius 1 is 1.37 bits per heavy atom. The van der Waals surface area contributed by atoms with Gasteiger partial charge >= 0.3 is 6.03 Å². The maximum Gasteiger partial charge on any atom is 0.315 e. The fourth-order valence-corrected chi connectivity index (χ4v) is 4.32. The van der Waals surface area contributed by atoms with E-state index in [0.29, 0.717) is 22.9 Å². The number of nitrogens with zero attached hydrogens (tertiary/aromatic N) is 3. The van der Waals surface area contributed by atoms with Crippen molar-refractivity contribution in [1.29, 1.82) is 0 Å². The van der Waals surface area contributed by atoms with Crippen molar-refractivity contribution < 1.29 is 9.59 Å². The quantitative estimate of drug-likeness (QED) is 0.347. The molecule has 3 amide bonds. The lowest BCUT2D eigenvalue weighted by atomic mass is 9.96. The van der Waals surface area contributed by atoms with Gasteiger partial charge in [-0.15, -0.1) is 17.9 Å². The molecule has 30 heavy (non-hydrogen) atoms. The van der Waals surface area contributed by atoms with Crippen LogP contribution in [-0.2, 0) is 17.8 Å². The highest BCUT2D eigenvalue weighted by atomic mass is 32.1. The van der Waals surface area contributed by atoms with Crippen molar-refractivity contribution in [2.75, 3.05) is 11.9 Å². The minimum atomic E-state index is -0.209. The molecule has 162 valence electrons. The summed E-state index contributed by atoms with van der Waals surface area (Å²) in [6.45, 7) is 4.57. The second-order valence-corrected chi connectivity index (χ2v) is 8.44. The first-order chi connectivity index (χ1) is 14.5. The minimum Gasteiger partial charge on any atom is -0.338 e. The van der Waals surface area contributed by atoms with E-state index in [1.165, 1.54) is 17.8 Å². The van der Waals surface area contributed by atoms with Crippen LogP contribution >= 0.6 is 23.6 Å². The smallest absolute Gasteiger partial charge is 0.315 e. The van der Waals surface area contributed by atoms with E-state index in [-0.39, 0.29) is 30.9 Å². The van der Waals surface area contributed by atoms with Gasteiger partial charge in [-0.05, 0) is 25.1 Å². The van der Waals surface area contributed by atoms with Gasteiger partial charge in [0, 0.05) is 30.9 Å². The second kappa shape index (κ2) is 11.0. The predicted octanol–water partition coefficient (Wildman–Crippen LogP) is 3.13. The maximum atomic E-state index is 12.1. The van der Waals surface area contributed by atoms with E-state index in [1.54, 1.807) is 6.08 Å². The van der Waals surface area contributed by atoms with Gasteiger partial charge in [0.2, 0.25) is 5.91 Å². The number of carbonyl (C=O) groups is 2. The third-order valence-electron chi connectivity index (χ3n) is 4.86. The van der Waals surface area contributed by atoms with Crippen LogP contribution in [0.5, 0.6) is 0 Å². The Bertz CT molecular complexity index is 927. The zero-order valence-electron chi connectivity index (χ0n) is 16.8. The molecule has 0 saturated heterocycles. The number of H-pyrrole nitrogens is 1. The Labute approximate surface area is 184 Å². The number of aromatic amines is 1. The van der Waals surface area contributed by atoms with Crippen LogP contribution in [0.15, 0.2) is 18.0 Å². The van der Waals surface area contributed by atoms with Gasteiger partial charge in [-0.1, -0.05) is 25.3 Å². The van der Waals surface area contributed by atoms with Crippen LogP contribution in [0.25, 0.3) is 0 Å². The van der Waals surface area contributed by atoms with Crippen LogP contribution in [-0.4, -0.2) is 44.3 Å². The highest BCUT2D eigenvalue weighted by Gasteiger charge is 2.16. The Hall–Kier alpha value is -2.53. The van der Waals surface area contributed by atoms with E-state index in [4.69, 9.17) is 12.2 Å². The fourth-order valence-electron chi connectivity index (χ4n) is 3.36. The van der Waals surface area contributed by atoms with Crippen molar-refractivity contribution in [2.24, 2.45) is 0 Å². The molecule has 2 aromatic rings. The topological polar surface area (TPSA) is 117 Å². The van der Waals surface area contributed by atoms with Crippen molar-refractivity contribution in [3.05, 3.63) is 34.3 Å². The molecule has 0 atom stereocenters. The van der Waals surface area contributed by atoms with Crippen molar-refractivity contribution in [2.45, 2.75) is 57.5 Å². The average molecular weight is 450 g/mol. The number of amides is 3. The van der Waals surface area contributed by atoms with E-state index < -0.39 is 0 Å². The maximum absolute atomic E-state index is 12.1. The standard InChI is InChI=1S/C19H27N7O2S2/c1-2-10-26-15(24-25-19(26)29)11-14-12-30-18(22-14)23-16(27)8-9-20-17(28)21-13-6-4-3-5-7-13/h2,12-13H,1,3-11H2,(H,25,29)(H2,20,21,28)(H,22,23,27). The lowest BCUT2D eigenvalue weighted by molar-refractivity contribution is -0.116. The van der Waals surface area contributed by atoms with E-state index in [9.17, 15) is 9.59 Å². The summed E-state index contributed by atoms with van der Waals surface area (Å²) in [4.78, 5) is 28.5. The van der Waals surface area contributed by atoms with Gasteiger partial charge in [0.05, 0.1) is 12.1 Å². The third kappa shape index (κ3) is 6.49. The van der Waals surface area contributed by atoms with E-state index in [1.807, 2.05) is 9.95 Å². The van der Waals surface area contributed by atoms with E-state index in [0.717, 1.165) is 37.2 Å². The molecule has 1 saturated carbocycles. The molecule has 0 aliphatic heterocycles. The third-order valence-corrected chi connectivity index (χ3v) is 5.98. The lowest BCUT2D eigenvalue weighted by Gasteiger charge is -2.22. The van der Waals surface area contributed by atoms with Gasteiger partial charge in [0.25, 0.3) is 0 Å². The second-order valence-electron chi connectivity index (χ2n) is 7.20. The number of allylic oxidation sites excluding steroid dienone is 1. The summed E-state index contributed by atoms with van der Waals surface area (Å²) in [6.07, 6.45) is 8.05. The van der Waals surface area contributed by atoms with E-state index in [2.05, 4.69) is 37.7 Å². The molecule has 0 aromatic carbocycles. The largest absolute Gasteiger partial charge is 0.338 e. The zero-order valence-corrected chi connectivity index (χ0v) is 18.4. The molecule has 1 fully saturated rings. The molecule has 0 bridgehead atoms. The predicted molar refractivity (Wildman–Crippen MR) is 119 cm³/mol. The number of hydrogen-bond acceptors (Lipinski definition) is 6. The average Bonchev–Trinajstić information content (AvgIpc) is 3.30. The van der Waals surface area contributed by atoms with Crippen LogP contribution in [0.4, 0.5) is 9.93 Å². The van der Waals surface area contributed by atoms with Gasteiger partial charge in [-0.3, -0.25) is 14.5 Å².